The van der Waals surface area contributed by atoms with Gasteiger partial charge in [-0.1, -0.05) is 18.2 Å². The molecule has 0 aliphatic rings. The summed E-state index contributed by atoms with van der Waals surface area (Å²) in [6.45, 7) is 0. The van der Waals surface area contributed by atoms with Gasteiger partial charge in [-0.2, -0.15) is 4.68 Å². The molecule has 0 radical (unpaired) electrons. The number of pyridine rings is 1. The Hall–Kier alpha value is -2.81. The number of para-hydroxylation sites is 1. The zero-order chi connectivity index (χ0) is 14.7. The Morgan fingerprint density at radius 2 is 1.95 bits per heavy atom. The summed E-state index contributed by atoms with van der Waals surface area (Å²) < 4.78 is 1.59. The van der Waals surface area contributed by atoms with E-state index in [1.54, 1.807) is 10.7 Å². The minimum absolute atomic E-state index is 0.193. The number of hydrogen-bond acceptors (Lipinski definition) is 7. The molecule has 3 rings (SSSR count). The second-order valence-electron chi connectivity index (χ2n) is 3.92. The molecule has 8 nitrogen and oxygen atoms in total. The first-order chi connectivity index (χ1) is 10.2. The lowest BCUT2D eigenvalue weighted by Crippen LogP contribution is -1.98. The Balaban J connectivity index is 1.86. The van der Waals surface area contributed by atoms with Gasteiger partial charge in [-0.25, -0.2) is 0 Å². The highest BCUT2D eigenvalue weighted by atomic mass is 32.2. The van der Waals surface area contributed by atoms with Crippen LogP contribution in [0.4, 0.5) is 5.82 Å². The quantitative estimate of drug-likeness (QED) is 0.537. The van der Waals surface area contributed by atoms with Crippen LogP contribution >= 0.6 is 11.8 Å². The predicted molar refractivity (Wildman–Crippen MR) is 74.2 cm³/mol. The molecule has 0 saturated carbocycles. The standard InChI is InChI=1S/C12H8N6O2S/c19-18(20)11-7-6-10(8-13-11)21-12-14-15-16-17(12)9-4-2-1-3-5-9/h1-8H. The van der Waals surface area contributed by atoms with E-state index in [2.05, 4.69) is 20.5 Å². The van der Waals surface area contributed by atoms with E-state index >= 15 is 0 Å². The van der Waals surface area contributed by atoms with E-state index < -0.39 is 4.92 Å². The second-order valence-corrected chi connectivity index (χ2v) is 4.96. The van der Waals surface area contributed by atoms with Gasteiger partial charge in [-0.15, -0.1) is 5.10 Å². The van der Waals surface area contributed by atoms with Crippen LogP contribution in [0.15, 0.2) is 58.7 Å². The molecule has 9 heteroatoms. The van der Waals surface area contributed by atoms with Crippen molar-refractivity contribution in [1.29, 1.82) is 0 Å². The lowest BCUT2D eigenvalue weighted by Gasteiger charge is -2.02. The highest BCUT2D eigenvalue weighted by Crippen LogP contribution is 2.27. The highest BCUT2D eigenvalue weighted by molar-refractivity contribution is 7.99. The molecule has 0 aliphatic carbocycles. The van der Waals surface area contributed by atoms with Gasteiger partial charge in [0.2, 0.25) is 5.16 Å². The van der Waals surface area contributed by atoms with Crippen molar-refractivity contribution in [3.63, 3.8) is 0 Å². The van der Waals surface area contributed by atoms with Crippen molar-refractivity contribution in [2.24, 2.45) is 0 Å². The third-order valence-corrected chi connectivity index (χ3v) is 3.47. The van der Waals surface area contributed by atoms with Crippen molar-refractivity contribution in [2.75, 3.05) is 0 Å². The molecule has 0 unspecified atom stereocenters. The number of nitrogens with zero attached hydrogens (tertiary/aromatic N) is 6. The molecular formula is C12H8N6O2S. The summed E-state index contributed by atoms with van der Waals surface area (Å²) in [5.41, 5.74) is 0.833. The van der Waals surface area contributed by atoms with Crippen molar-refractivity contribution in [1.82, 2.24) is 25.2 Å². The maximum Gasteiger partial charge on any atom is 0.363 e. The van der Waals surface area contributed by atoms with Crippen molar-refractivity contribution in [2.45, 2.75) is 10.1 Å². The number of aromatic nitrogens is 5. The monoisotopic (exact) mass is 300 g/mol. The fourth-order valence-corrected chi connectivity index (χ4v) is 2.38. The predicted octanol–water partition coefficient (Wildman–Crippen LogP) is 2.12. The summed E-state index contributed by atoms with van der Waals surface area (Å²) in [4.78, 5) is 14.5. The Kier molecular flexibility index (Phi) is 3.56. The van der Waals surface area contributed by atoms with Gasteiger partial charge in [0.05, 0.1) is 10.6 Å². The van der Waals surface area contributed by atoms with Crippen LogP contribution in [0, 0.1) is 10.1 Å². The van der Waals surface area contributed by atoms with Gasteiger partial charge in [0, 0.05) is 6.07 Å². The van der Waals surface area contributed by atoms with Gasteiger partial charge in [-0.05, 0) is 50.3 Å². The largest absolute Gasteiger partial charge is 0.363 e. The van der Waals surface area contributed by atoms with E-state index in [9.17, 15) is 10.1 Å². The zero-order valence-corrected chi connectivity index (χ0v) is 11.3. The maximum absolute atomic E-state index is 10.6. The number of nitro groups is 1. The first kappa shape index (κ1) is 13.2. The molecule has 0 saturated heterocycles. The van der Waals surface area contributed by atoms with Crippen LogP contribution in [0.1, 0.15) is 0 Å². The van der Waals surface area contributed by atoms with E-state index in [0.29, 0.717) is 10.1 Å². The molecule has 3 aromatic rings. The van der Waals surface area contributed by atoms with Crippen LogP contribution in [0.2, 0.25) is 0 Å². The molecule has 2 aromatic heterocycles. The summed E-state index contributed by atoms with van der Waals surface area (Å²) in [6.07, 6.45) is 1.42. The minimum Gasteiger partial charge on any atom is -0.358 e. The Morgan fingerprint density at radius 3 is 2.62 bits per heavy atom. The number of rotatable bonds is 4. The Bertz CT molecular complexity index is 759. The van der Waals surface area contributed by atoms with E-state index in [1.807, 2.05) is 30.3 Å². The molecule has 21 heavy (non-hydrogen) atoms. The van der Waals surface area contributed by atoms with Crippen LogP contribution in [0.25, 0.3) is 5.69 Å². The van der Waals surface area contributed by atoms with Gasteiger partial charge in [0.1, 0.15) is 0 Å². The van der Waals surface area contributed by atoms with E-state index in [-0.39, 0.29) is 5.82 Å². The zero-order valence-electron chi connectivity index (χ0n) is 10.5. The molecule has 0 spiro atoms. The maximum atomic E-state index is 10.6. The van der Waals surface area contributed by atoms with Crippen molar-refractivity contribution >= 4 is 17.6 Å². The summed E-state index contributed by atoms with van der Waals surface area (Å²) in [7, 11) is 0. The van der Waals surface area contributed by atoms with Gasteiger partial charge in [-0.3, -0.25) is 0 Å². The van der Waals surface area contributed by atoms with Crippen LogP contribution in [0.3, 0.4) is 0 Å². The molecule has 0 aliphatic heterocycles. The molecular weight excluding hydrogens is 292 g/mol. The minimum atomic E-state index is -0.539. The average molecular weight is 300 g/mol. The molecule has 0 N–H and O–H groups in total. The Labute approximate surface area is 123 Å². The van der Waals surface area contributed by atoms with Crippen LogP contribution in [-0.4, -0.2) is 30.1 Å². The first-order valence-electron chi connectivity index (χ1n) is 5.86. The Morgan fingerprint density at radius 1 is 1.14 bits per heavy atom. The SMILES string of the molecule is O=[N+]([O-])c1ccc(Sc2nnnn2-c2ccccc2)cn1. The smallest absolute Gasteiger partial charge is 0.358 e. The van der Waals surface area contributed by atoms with E-state index in [0.717, 1.165) is 5.69 Å². The first-order valence-corrected chi connectivity index (χ1v) is 6.68. The molecule has 0 amide bonds. The lowest BCUT2D eigenvalue weighted by molar-refractivity contribution is -0.389. The molecule has 2 heterocycles. The number of benzene rings is 1. The van der Waals surface area contributed by atoms with Crippen molar-refractivity contribution < 1.29 is 4.92 Å². The third kappa shape index (κ3) is 2.87. The third-order valence-electron chi connectivity index (χ3n) is 2.56. The summed E-state index contributed by atoms with van der Waals surface area (Å²) in [6, 6.07) is 12.4. The topological polar surface area (TPSA) is 99.6 Å². The van der Waals surface area contributed by atoms with Crippen molar-refractivity contribution in [3.05, 3.63) is 58.8 Å². The molecule has 1 aromatic carbocycles. The lowest BCUT2D eigenvalue weighted by atomic mass is 10.3. The highest BCUT2D eigenvalue weighted by Gasteiger charge is 2.12. The summed E-state index contributed by atoms with van der Waals surface area (Å²) >= 11 is 1.28. The van der Waals surface area contributed by atoms with Gasteiger partial charge < -0.3 is 10.1 Å². The fraction of sp³-hybridized carbons (Fsp3) is 0. The summed E-state index contributed by atoms with van der Waals surface area (Å²) in [5.74, 6) is -0.193. The normalized spacial score (nSPS) is 10.5. The van der Waals surface area contributed by atoms with Crippen LogP contribution in [-0.2, 0) is 0 Å². The summed E-state index contributed by atoms with van der Waals surface area (Å²) in [5, 5.41) is 22.7. The molecule has 0 atom stereocenters. The molecule has 0 fully saturated rings. The van der Waals surface area contributed by atoms with Crippen LogP contribution < -0.4 is 0 Å². The van der Waals surface area contributed by atoms with Gasteiger partial charge >= 0.3 is 5.82 Å². The van der Waals surface area contributed by atoms with E-state index in [1.165, 1.54) is 24.0 Å². The number of hydrogen-bond donors (Lipinski definition) is 0. The van der Waals surface area contributed by atoms with Crippen LogP contribution in [0.5, 0.6) is 0 Å². The van der Waals surface area contributed by atoms with E-state index in [4.69, 9.17) is 0 Å². The number of tetrazole rings is 1. The van der Waals surface area contributed by atoms with Crippen molar-refractivity contribution in [3.8, 4) is 5.69 Å². The molecule has 0 bridgehead atoms. The van der Waals surface area contributed by atoms with Gasteiger partial charge in [0.25, 0.3) is 0 Å². The fourth-order valence-electron chi connectivity index (χ4n) is 1.62. The molecule has 104 valence electrons. The second kappa shape index (κ2) is 5.67. The average Bonchev–Trinajstić information content (AvgIpc) is 2.97. The van der Waals surface area contributed by atoms with Gasteiger partial charge in [0.15, 0.2) is 6.20 Å².